The van der Waals surface area contributed by atoms with Crippen LogP contribution in [0.15, 0.2) is 60.9 Å². The molecule has 0 radical (unpaired) electrons. The van der Waals surface area contributed by atoms with Gasteiger partial charge in [0.05, 0.1) is 17.5 Å². The topological polar surface area (TPSA) is 132 Å². The van der Waals surface area contributed by atoms with Crippen LogP contribution in [0.5, 0.6) is 0 Å². The molecule has 14 heteroatoms. The number of aliphatic carboxylic acids is 1. The number of aromatic nitrogens is 5. The summed E-state index contributed by atoms with van der Waals surface area (Å²) in [4.78, 5) is 41.6. The van der Waals surface area contributed by atoms with Crippen molar-refractivity contribution in [1.29, 1.82) is 0 Å². The predicted molar refractivity (Wildman–Crippen MR) is 203 cm³/mol. The minimum atomic E-state index is -2.84. The summed E-state index contributed by atoms with van der Waals surface area (Å²) in [7, 11) is 0. The first-order valence-electron chi connectivity index (χ1n) is 18.2. The Kier molecular flexibility index (Phi) is 9.00. The van der Waals surface area contributed by atoms with Gasteiger partial charge in [0, 0.05) is 62.9 Å². The fourth-order valence-corrected chi connectivity index (χ4v) is 9.19. The molecule has 2 saturated heterocycles. The number of benzene rings is 2. The van der Waals surface area contributed by atoms with Gasteiger partial charge in [-0.25, -0.2) is 28.7 Å². The normalized spacial score (nSPS) is 19.2. The SMILES string of the molecule is Cc1c(-c2nc3cc(CN4CCC(C(=O)O)C4)cnc3s2)cccc1-c1cccc2c1CCN2c1nc(C(F)F)nc2cc(CN3CCC(O)C3)cnc12. The molecule has 0 aliphatic carbocycles. The second kappa shape index (κ2) is 14.0. The first kappa shape index (κ1) is 34.7. The smallest absolute Gasteiger partial charge is 0.307 e. The Labute approximate surface area is 314 Å². The summed E-state index contributed by atoms with van der Waals surface area (Å²) >= 11 is 1.54. The van der Waals surface area contributed by atoms with Crippen LogP contribution in [0.4, 0.5) is 20.3 Å². The highest BCUT2D eigenvalue weighted by molar-refractivity contribution is 7.21. The highest BCUT2D eigenvalue weighted by Gasteiger charge is 2.30. The Bertz CT molecular complexity index is 2430. The van der Waals surface area contributed by atoms with Crippen molar-refractivity contribution in [3.63, 3.8) is 0 Å². The number of likely N-dealkylation sites (tertiary alicyclic amines) is 2. The predicted octanol–water partition coefficient (Wildman–Crippen LogP) is 6.78. The number of aliphatic hydroxyl groups is 1. The van der Waals surface area contributed by atoms with E-state index in [0.29, 0.717) is 68.8 Å². The van der Waals surface area contributed by atoms with Gasteiger partial charge in [0.1, 0.15) is 20.9 Å². The van der Waals surface area contributed by atoms with Gasteiger partial charge in [0.2, 0.25) is 0 Å². The van der Waals surface area contributed by atoms with Crippen LogP contribution in [-0.4, -0.2) is 89.7 Å². The van der Waals surface area contributed by atoms with E-state index in [-0.39, 0.29) is 12.0 Å². The molecule has 4 aromatic heterocycles. The second-order valence-corrected chi connectivity index (χ2v) is 15.5. The van der Waals surface area contributed by atoms with E-state index in [1.807, 2.05) is 35.4 Å². The molecule has 54 heavy (non-hydrogen) atoms. The summed E-state index contributed by atoms with van der Waals surface area (Å²) in [6.45, 7) is 6.48. The van der Waals surface area contributed by atoms with Gasteiger partial charge in [-0.15, -0.1) is 0 Å². The molecule has 0 bridgehead atoms. The lowest BCUT2D eigenvalue weighted by Gasteiger charge is -2.21. The zero-order valence-electron chi connectivity index (χ0n) is 29.6. The molecule has 2 unspecified atom stereocenters. The van der Waals surface area contributed by atoms with Crippen LogP contribution in [0.2, 0.25) is 0 Å². The van der Waals surface area contributed by atoms with E-state index in [4.69, 9.17) is 15.0 Å². The summed E-state index contributed by atoms with van der Waals surface area (Å²) < 4.78 is 28.4. The lowest BCUT2D eigenvalue weighted by Crippen LogP contribution is -2.22. The highest BCUT2D eigenvalue weighted by atomic mass is 32.1. The van der Waals surface area contributed by atoms with Gasteiger partial charge in [-0.3, -0.25) is 19.6 Å². The van der Waals surface area contributed by atoms with Crippen LogP contribution in [-0.2, 0) is 24.3 Å². The maximum absolute atomic E-state index is 14.2. The Morgan fingerprint density at radius 2 is 1.61 bits per heavy atom. The molecule has 11 nitrogen and oxygen atoms in total. The molecular formula is C40H38F2N8O3S. The third kappa shape index (κ3) is 6.46. The number of pyridine rings is 2. The third-order valence-electron chi connectivity index (χ3n) is 10.9. The van der Waals surface area contributed by atoms with E-state index < -0.39 is 18.2 Å². The van der Waals surface area contributed by atoms with E-state index in [1.165, 1.54) is 0 Å². The van der Waals surface area contributed by atoms with Crippen molar-refractivity contribution in [1.82, 2.24) is 34.7 Å². The molecule has 6 aromatic rings. The lowest BCUT2D eigenvalue weighted by molar-refractivity contribution is -0.141. The molecule has 2 atom stereocenters. The molecule has 3 aliphatic rings. The van der Waals surface area contributed by atoms with Gasteiger partial charge in [-0.1, -0.05) is 41.7 Å². The second-order valence-electron chi connectivity index (χ2n) is 14.5. The summed E-state index contributed by atoms with van der Waals surface area (Å²) in [6, 6.07) is 16.2. The number of carboxylic acids is 1. The Morgan fingerprint density at radius 1 is 0.889 bits per heavy atom. The number of halogens is 2. The number of carbonyl (C=O) groups is 1. The number of rotatable bonds is 9. The van der Waals surface area contributed by atoms with Crippen LogP contribution in [0, 0.1) is 12.8 Å². The van der Waals surface area contributed by atoms with Crippen molar-refractivity contribution < 1.29 is 23.8 Å². The fraction of sp³-hybridized carbons (Fsp3) is 0.350. The van der Waals surface area contributed by atoms with Crippen molar-refractivity contribution in [2.24, 2.45) is 5.92 Å². The number of carboxylic acid groups (broad SMARTS) is 1. The van der Waals surface area contributed by atoms with Gasteiger partial charge in [-0.2, -0.15) is 0 Å². The third-order valence-corrected chi connectivity index (χ3v) is 11.9. The quantitative estimate of drug-likeness (QED) is 0.162. The van der Waals surface area contributed by atoms with Gasteiger partial charge in [0.25, 0.3) is 6.43 Å². The van der Waals surface area contributed by atoms with Gasteiger partial charge in [0.15, 0.2) is 11.6 Å². The molecule has 2 N–H and O–H groups in total. The van der Waals surface area contributed by atoms with Crippen LogP contribution >= 0.6 is 11.3 Å². The molecule has 2 aromatic carbocycles. The van der Waals surface area contributed by atoms with Crippen LogP contribution in [0.25, 0.3) is 43.1 Å². The number of fused-ring (bicyclic) bond motifs is 3. The van der Waals surface area contributed by atoms with Crippen molar-refractivity contribution in [2.75, 3.05) is 37.6 Å². The van der Waals surface area contributed by atoms with Crippen LogP contribution in [0.3, 0.4) is 0 Å². The average Bonchev–Trinajstić information content (AvgIpc) is 3.98. The van der Waals surface area contributed by atoms with Crippen LogP contribution < -0.4 is 4.90 Å². The molecule has 2 fully saturated rings. The number of alkyl halides is 2. The summed E-state index contributed by atoms with van der Waals surface area (Å²) in [5.74, 6) is -1.22. The molecule has 9 rings (SSSR count). The lowest BCUT2D eigenvalue weighted by atomic mass is 9.92. The van der Waals surface area contributed by atoms with Crippen molar-refractivity contribution in [3.05, 3.63) is 89.0 Å². The van der Waals surface area contributed by atoms with E-state index in [2.05, 4.69) is 51.0 Å². The molecular weight excluding hydrogens is 711 g/mol. The summed E-state index contributed by atoms with van der Waals surface area (Å²) in [6.07, 6.45) is 2.48. The standard InChI is InChI=1S/C40H38F2N8O3S/c1-22-27(4-2-5-28(22)38-46-32-15-24(17-44-39(32)54-38)18-48-11-8-25(20-48)40(52)53)29-6-3-7-33-30(29)10-13-50(33)37-34-31(45-36(47-37)35(41)42)14-23(16-43-34)19-49-12-9-26(51)21-49/h2-7,14-17,25-26,35,51H,8-13,18-21H2,1H3,(H,52,53). The largest absolute Gasteiger partial charge is 0.481 e. The maximum Gasteiger partial charge on any atom is 0.307 e. The van der Waals surface area contributed by atoms with E-state index in [1.54, 1.807) is 17.5 Å². The Morgan fingerprint density at radius 3 is 2.37 bits per heavy atom. The zero-order chi connectivity index (χ0) is 37.1. The molecule has 3 aliphatic heterocycles. The minimum Gasteiger partial charge on any atom is -0.481 e. The number of thiazole rings is 1. The van der Waals surface area contributed by atoms with E-state index >= 15 is 0 Å². The Balaban J connectivity index is 1.02. The summed E-state index contributed by atoms with van der Waals surface area (Å²) in [5.41, 5.74) is 9.76. The molecule has 0 spiro atoms. The minimum absolute atomic E-state index is 0.324. The fourth-order valence-electron chi connectivity index (χ4n) is 8.22. The number of nitrogens with zero attached hydrogens (tertiary/aromatic N) is 8. The first-order valence-corrected chi connectivity index (χ1v) is 19.1. The molecule has 7 heterocycles. The molecule has 0 saturated carbocycles. The monoisotopic (exact) mass is 748 g/mol. The van der Waals surface area contributed by atoms with Gasteiger partial charge in [-0.05, 0) is 84.3 Å². The first-order chi connectivity index (χ1) is 26.2. The number of aliphatic hydroxyl groups excluding tert-OH is 1. The Hall–Kier alpha value is -5.02. The van der Waals surface area contributed by atoms with E-state index in [9.17, 15) is 23.8 Å². The van der Waals surface area contributed by atoms with Gasteiger partial charge < -0.3 is 15.1 Å². The maximum atomic E-state index is 14.2. The molecule has 0 amide bonds. The zero-order valence-corrected chi connectivity index (χ0v) is 30.4. The van der Waals surface area contributed by atoms with Gasteiger partial charge >= 0.3 is 5.97 Å². The van der Waals surface area contributed by atoms with Crippen LogP contribution in [0.1, 0.15) is 47.3 Å². The van der Waals surface area contributed by atoms with Crippen molar-refractivity contribution in [2.45, 2.75) is 51.8 Å². The summed E-state index contributed by atoms with van der Waals surface area (Å²) in [5, 5.41) is 20.2. The number of hydrogen-bond acceptors (Lipinski definition) is 11. The average molecular weight is 749 g/mol. The number of β-amino-alcohol motifs (C(OH)–C–C–N with tert-alkyl or cyclic N) is 1. The van der Waals surface area contributed by atoms with Crippen molar-refractivity contribution >= 4 is 50.2 Å². The molecule has 276 valence electrons. The number of hydrogen-bond donors (Lipinski definition) is 2. The highest BCUT2D eigenvalue weighted by Crippen LogP contribution is 2.44. The van der Waals surface area contributed by atoms with E-state index in [0.717, 1.165) is 73.1 Å². The number of anilines is 2. The van der Waals surface area contributed by atoms with Crippen molar-refractivity contribution in [3.8, 4) is 21.7 Å².